The van der Waals surface area contributed by atoms with Gasteiger partial charge in [-0.05, 0) is 31.9 Å². The number of benzene rings is 1. The topological polar surface area (TPSA) is 61.9 Å². The second-order valence-corrected chi connectivity index (χ2v) is 6.29. The molecule has 0 unspecified atom stereocenters. The van der Waals surface area contributed by atoms with Gasteiger partial charge in [-0.1, -0.05) is 0 Å². The van der Waals surface area contributed by atoms with Crippen LogP contribution in [0.3, 0.4) is 0 Å². The molecular formula is C17H22FN3O3. The summed E-state index contributed by atoms with van der Waals surface area (Å²) < 4.78 is 19.0. The van der Waals surface area contributed by atoms with Gasteiger partial charge in [0.1, 0.15) is 17.7 Å². The first-order valence-corrected chi connectivity index (χ1v) is 8.28. The number of anilines is 1. The van der Waals surface area contributed by atoms with E-state index in [1.807, 2.05) is 11.8 Å². The molecule has 130 valence electrons. The van der Waals surface area contributed by atoms with Crippen LogP contribution in [0.1, 0.15) is 19.8 Å². The number of hydrogen-bond acceptors (Lipinski definition) is 4. The van der Waals surface area contributed by atoms with Crippen molar-refractivity contribution in [3.05, 3.63) is 24.0 Å². The van der Waals surface area contributed by atoms with E-state index in [4.69, 9.17) is 4.74 Å². The van der Waals surface area contributed by atoms with Gasteiger partial charge in [0.2, 0.25) is 11.8 Å². The van der Waals surface area contributed by atoms with Crippen LogP contribution in [-0.4, -0.2) is 55.5 Å². The molecule has 1 aromatic rings. The van der Waals surface area contributed by atoms with Crippen molar-refractivity contribution in [3.8, 4) is 5.75 Å². The molecule has 1 saturated heterocycles. The van der Waals surface area contributed by atoms with Crippen LogP contribution < -0.4 is 15.0 Å². The van der Waals surface area contributed by atoms with Crippen LogP contribution in [0.4, 0.5) is 10.1 Å². The number of hydrogen-bond donors (Lipinski definition) is 1. The van der Waals surface area contributed by atoms with Crippen LogP contribution in [0, 0.1) is 5.82 Å². The van der Waals surface area contributed by atoms with Gasteiger partial charge in [-0.25, -0.2) is 4.39 Å². The Hall–Kier alpha value is -2.31. The van der Waals surface area contributed by atoms with Gasteiger partial charge in [-0.2, -0.15) is 0 Å². The second kappa shape index (κ2) is 7.07. The number of amides is 2. The zero-order chi connectivity index (χ0) is 17.1. The zero-order valence-corrected chi connectivity index (χ0v) is 13.8. The molecule has 2 heterocycles. The minimum Gasteiger partial charge on any atom is -0.487 e. The van der Waals surface area contributed by atoms with Gasteiger partial charge in [0, 0.05) is 19.2 Å². The Morgan fingerprint density at radius 3 is 2.83 bits per heavy atom. The van der Waals surface area contributed by atoms with Gasteiger partial charge in [0.05, 0.1) is 25.3 Å². The molecule has 0 spiro atoms. The molecule has 2 amide bonds. The molecule has 0 saturated carbocycles. The number of rotatable bonds is 4. The summed E-state index contributed by atoms with van der Waals surface area (Å²) in [5, 5.41) is 2.68. The lowest BCUT2D eigenvalue weighted by molar-refractivity contribution is -0.131. The molecule has 0 aromatic heterocycles. The number of nitrogens with one attached hydrogen (secondary N) is 1. The summed E-state index contributed by atoms with van der Waals surface area (Å²) in [5.41, 5.74) is 0.690. The Morgan fingerprint density at radius 2 is 2.08 bits per heavy atom. The molecule has 0 bridgehead atoms. The number of carbonyl (C=O) groups is 2. The fourth-order valence-electron chi connectivity index (χ4n) is 3.14. The lowest BCUT2D eigenvalue weighted by Crippen LogP contribution is -2.46. The van der Waals surface area contributed by atoms with E-state index in [1.54, 1.807) is 11.0 Å². The van der Waals surface area contributed by atoms with E-state index in [-0.39, 0.29) is 36.8 Å². The Morgan fingerprint density at radius 1 is 1.33 bits per heavy atom. The highest BCUT2D eigenvalue weighted by molar-refractivity contribution is 5.87. The minimum atomic E-state index is -0.372. The van der Waals surface area contributed by atoms with Gasteiger partial charge >= 0.3 is 0 Å². The molecule has 0 aliphatic carbocycles. The van der Waals surface area contributed by atoms with Gasteiger partial charge in [0.15, 0.2) is 0 Å². The largest absolute Gasteiger partial charge is 0.487 e. The van der Waals surface area contributed by atoms with E-state index in [9.17, 15) is 14.0 Å². The smallest absolute Gasteiger partial charge is 0.241 e. The van der Waals surface area contributed by atoms with Crippen LogP contribution >= 0.6 is 0 Å². The number of likely N-dealkylation sites (tertiary alicyclic amines) is 1. The molecule has 2 aliphatic rings. The maximum Gasteiger partial charge on any atom is 0.241 e. The highest BCUT2D eigenvalue weighted by Crippen LogP contribution is 2.33. The van der Waals surface area contributed by atoms with Crippen LogP contribution in [0.5, 0.6) is 5.75 Å². The highest BCUT2D eigenvalue weighted by atomic mass is 19.1. The standard InChI is InChI=1S/C17H22FN3O3/c1-12-10-21(14-5-4-13(18)8-15(14)24-12)11-16(22)19-9-17(23)20-6-2-3-7-20/h4-5,8,12H,2-3,6-7,9-11H2,1H3,(H,19,22)/t12-/m1/s1. The summed E-state index contributed by atoms with van der Waals surface area (Å²) >= 11 is 0. The molecular weight excluding hydrogens is 313 g/mol. The van der Waals surface area contributed by atoms with E-state index < -0.39 is 0 Å². The molecule has 1 fully saturated rings. The molecule has 24 heavy (non-hydrogen) atoms. The zero-order valence-electron chi connectivity index (χ0n) is 13.8. The van der Waals surface area contributed by atoms with Crippen molar-refractivity contribution >= 4 is 17.5 Å². The molecule has 6 nitrogen and oxygen atoms in total. The minimum absolute atomic E-state index is 0.0228. The lowest BCUT2D eigenvalue weighted by Gasteiger charge is -2.34. The van der Waals surface area contributed by atoms with Crippen molar-refractivity contribution < 1.29 is 18.7 Å². The number of halogens is 1. The van der Waals surface area contributed by atoms with E-state index in [0.717, 1.165) is 25.9 Å². The van der Waals surface area contributed by atoms with Crippen LogP contribution in [0.2, 0.25) is 0 Å². The summed E-state index contributed by atoms with van der Waals surface area (Å²) in [6.45, 7) is 4.08. The molecule has 7 heteroatoms. The predicted octanol–water partition coefficient (Wildman–Crippen LogP) is 1.15. The summed E-state index contributed by atoms with van der Waals surface area (Å²) in [6.07, 6.45) is 1.91. The monoisotopic (exact) mass is 335 g/mol. The summed E-state index contributed by atoms with van der Waals surface area (Å²) in [5.74, 6) is -0.205. The van der Waals surface area contributed by atoms with Crippen LogP contribution in [0.15, 0.2) is 18.2 Å². The van der Waals surface area contributed by atoms with Crippen LogP contribution in [0.25, 0.3) is 0 Å². The third-order valence-electron chi connectivity index (χ3n) is 4.30. The number of fused-ring (bicyclic) bond motifs is 1. The molecule has 1 atom stereocenters. The fraction of sp³-hybridized carbons (Fsp3) is 0.529. The number of carbonyl (C=O) groups excluding carboxylic acids is 2. The first-order chi connectivity index (χ1) is 11.5. The molecule has 3 rings (SSSR count). The summed E-state index contributed by atoms with van der Waals surface area (Å²) in [4.78, 5) is 27.8. The van der Waals surface area contributed by atoms with Crippen molar-refractivity contribution in [2.75, 3.05) is 37.6 Å². The summed E-state index contributed by atoms with van der Waals surface area (Å²) in [6, 6.07) is 4.28. The molecule has 0 radical (unpaired) electrons. The molecule has 1 N–H and O–H groups in total. The first kappa shape index (κ1) is 16.5. The van der Waals surface area contributed by atoms with Gasteiger partial charge in [-0.3, -0.25) is 9.59 Å². The average molecular weight is 335 g/mol. The average Bonchev–Trinajstić information content (AvgIpc) is 3.06. The Labute approximate surface area is 140 Å². The van der Waals surface area contributed by atoms with Gasteiger partial charge in [-0.15, -0.1) is 0 Å². The normalized spacial score (nSPS) is 19.7. The Kier molecular flexibility index (Phi) is 4.87. The Balaban J connectivity index is 1.57. The predicted molar refractivity (Wildman–Crippen MR) is 87.5 cm³/mol. The maximum absolute atomic E-state index is 13.3. The Bertz CT molecular complexity index is 632. The molecule has 1 aromatic carbocycles. The van der Waals surface area contributed by atoms with E-state index >= 15 is 0 Å². The fourth-order valence-corrected chi connectivity index (χ4v) is 3.14. The SMILES string of the molecule is C[C@@H]1CN(CC(=O)NCC(=O)N2CCCC2)c2ccc(F)cc2O1. The van der Waals surface area contributed by atoms with Crippen LogP contribution in [-0.2, 0) is 9.59 Å². The first-order valence-electron chi connectivity index (χ1n) is 8.28. The third kappa shape index (κ3) is 3.77. The third-order valence-corrected chi connectivity index (χ3v) is 4.30. The van der Waals surface area contributed by atoms with Crippen molar-refractivity contribution in [1.29, 1.82) is 0 Å². The van der Waals surface area contributed by atoms with Crippen molar-refractivity contribution in [3.63, 3.8) is 0 Å². The summed E-state index contributed by atoms with van der Waals surface area (Å²) in [7, 11) is 0. The number of nitrogens with zero attached hydrogens (tertiary/aromatic N) is 2. The second-order valence-electron chi connectivity index (χ2n) is 6.29. The lowest BCUT2D eigenvalue weighted by atomic mass is 10.2. The van der Waals surface area contributed by atoms with E-state index in [0.29, 0.717) is 18.0 Å². The van der Waals surface area contributed by atoms with Crippen molar-refractivity contribution in [1.82, 2.24) is 10.2 Å². The van der Waals surface area contributed by atoms with Crippen molar-refractivity contribution in [2.45, 2.75) is 25.9 Å². The molecule has 2 aliphatic heterocycles. The number of ether oxygens (including phenoxy) is 1. The highest BCUT2D eigenvalue weighted by Gasteiger charge is 2.25. The van der Waals surface area contributed by atoms with E-state index in [1.165, 1.54) is 12.1 Å². The van der Waals surface area contributed by atoms with Gasteiger partial charge < -0.3 is 19.9 Å². The quantitative estimate of drug-likeness (QED) is 0.897. The maximum atomic E-state index is 13.3. The van der Waals surface area contributed by atoms with Gasteiger partial charge in [0.25, 0.3) is 0 Å². The van der Waals surface area contributed by atoms with Crippen molar-refractivity contribution in [2.24, 2.45) is 0 Å². The van der Waals surface area contributed by atoms with E-state index in [2.05, 4.69) is 5.32 Å².